The van der Waals surface area contributed by atoms with Gasteiger partial charge in [-0.1, -0.05) is 31.0 Å². The van der Waals surface area contributed by atoms with Crippen molar-refractivity contribution in [3.63, 3.8) is 0 Å². The second-order valence-corrected chi connectivity index (χ2v) is 15.4. The van der Waals surface area contributed by atoms with E-state index in [1.54, 1.807) is 11.8 Å². The highest BCUT2D eigenvalue weighted by atomic mass is 32.2. The first-order chi connectivity index (χ1) is 19.0. The largest absolute Gasteiger partial charge is 0.339 e. The summed E-state index contributed by atoms with van der Waals surface area (Å²) in [7, 11) is 0. The zero-order valence-electron chi connectivity index (χ0n) is 24.3. The van der Waals surface area contributed by atoms with Crippen LogP contribution in [0.2, 0.25) is 0 Å². The highest BCUT2D eigenvalue weighted by molar-refractivity contribution is 7.99. The molecule has 2 saturated heterocycles. The third-order valence-corrected chi connectivity index (χ3v) is 12.4. The number of hydrogen-bond acceptors (Lipinski definition) is 6. The van der Waals surface area contributed by atoms with Crippen molar-refractivity contribution in [2.24, 2.45) is 29.6 Å². The van der Waals surface area contributed by atoms with Gasteiger partial charge in [0.1, 0.15) is 0 Å². The summed E-state index contributed by atoms with van der Waals surface area (Å²) >= 11 is 1.80. The van der Waals surface area contributed by atoms with Gasteiger partial charge in [0.05, 0.1) is 6.04 Å². The van der Waals surface area contributed by atoms with Crippen molar-refractivity contribution in [3.8, 4) is 0 Å². The summed E-state index contributed by atoms with van der Waals surface area (Å²) in [5.41, 5.74) is 2.07. The van der Waals surface area contributed by atoms with Gasteiger partial charge in [-0.2, -0.15) is 0 Å². The van der Waals surface area contributed by atoms with Crippen molar-refractivity contribution < 1.29 is 4.79 Å². The molecule has 39 heavy (non-hydrogen) atoms. The number of thioether (sulfide) groups is 1. The van der Waals surface area contributed by atoms with E-state index in [0.29, 0.717) is 11.2 Å². The van der Waals surface area contributed by atoms with Gasteiger partial charge in [-0.3, -0.25) is 14.6 Å². The Morgan fingerprint density at radius 1 is 0.872 bits per heavy atom. The van der Waals surface area contributed by atoms with E-state index < -0.39 is 0 Å². The molecule has 1 amide bonds. The molecular weight excluding hydrogens is 502 g/mol. The lowest BCUT2D eigenvalue weighted by molar-refractivity contribution is -0.140. The lowest BCUT2D eigenvalue weighted by Crippen LogP contribution is -2.61. The number of rotatable bonds is 6. The Labute approximate surface area is 240 Å². The molecule has 1 aromatic heterocycles. The smallest absolute Gasteiger partial charge is 0.240 e. The molecule has 5 saturated carbocycles. The van der Waals surface area contributed by atoms with Gasteiger partial charge in [-0.05, 0) is 101 Å². The van der Waals surface area contributed by atoms with Crippen LogP contribution in [0.5, 0.6) is 0 Å². The van der Waals surface area contributed by atoms with Gasteiger partial charge in [0.2, 0.25) is 5.91 Å². The summed E-state index contributed by atoms with van der Waals surface area (Å²) in [5.74, 6) is 5.10. The van der Waals surface area contributed by atoms with Gasteiger partial charge >= 0.3 is 0 Å². The van der Waals surface area contributed by atoms with Crippen LogP contribution in [-0.4, -0.2) is 87.2 Å². The fraction of sp³-hybridized carbons (Fsp3) is 0.844. The number of hydrogen-bond donors (Lipinski definition) is 0. The van der Waals surface area contributed by atoms with E-state index in [9.17, 15) is 4.79 Å². The van der Waals surface area contributed by atoms with Crippen LogP contribution in [-0.2, 0) is 4.79 Å². The van der Waals surface area contributed by atoms with Crippen LogP contribution in [0.15, 0.2) is 11.2 Å². The number of likely N-dealkylation sites (tertiary alicyclic amines) is 1. The predicted molar refractivity (Wildman–Crippen MR) is 157 cm³/mol. The minimum Gasteiger partial charge on any atom is -0.339 e. The van der Waals surface area contributed by atoms with Gasteiger partial charge in [0, 0.05) is 61.9 Å². The molecule has 5 aliphatic carbocycles. The van der Waals surface area contributed by atoms with Crippen molar-refractivity contribution in [1.82, 2.24) is 24.7 Å². The zero-order valence-corrected chi connectivity index (χ0v) is 25.1. The van der Waals surface area contributed by atoms with Gasteiger partial charge in [0.25, 0.3) is 0 Å². The summed E-state index contributed by atoms with van der Waals surface area (Å²) in [6.45, 7) is 10.2. The first-order valence-corrected chi connectivity index (χ1v) is 17.1. The maximum atomic E-state index is 14.1. The van der Waals surface area contributed by atoms with Gasteiger partial charge in [-0.25, -0.2) is 9.97 Å². The maximum Gasteiger partial charge on any atom is 0.240 e. The van der Waals surface area contributed by atoms with Crippen LogP contribution in [0.3, 0.4) is 0 Å². The van der Waals surface area contributed by atoms with Crippen LogP contribution in [0, 0.1) is 43.4 Å². The molecule has 4 bridgehead atoms. The molecule has 0 aromatic carbocycles. The Morgan fingerprint density at radius 3 is 2.15 bits per heavy atom. The van der Waals surface area contributed by atoms with Crippen LogP contribution in [0.4, 0.5) is 0 Å². The molecular formula is C32H49N5OS. The summed E-state index contributed by atoms with van der Waals surface area (Å²) in [5, 5.41) is 1.27. The molecule has 214 valence electrons. The average Bonchev–Trinajstić information content (AvgIpc) is 3.29. The van der Waals surface area contributed by atoms with Gasteiger partial charge in [0.15, 0.2) is 5.16 Å². The van der Waals surface area contributed by atoms with E-state index in [-0.39, 0.29) is 6.04 Å². The summed E-state index contributed by atoms with van der Waals surface area (Å²) < 4.78 is 0. The molecule has 3 heterocycles. The Bertz CT molecular complexity index is 987. The van der Waals surface area contributed by atoms with Crippen LogP contribution < -0.4 is 0 Å². The molecule has 0 N–H and O–H groups in total. The molecule has 1 aromatic rings. The molecule has 2 atom stereocenters. The number of amides is 1. The molecule has 6 nitrogen and oxygen atoms in total. The van der Waals surface area contributed by atoms with Gasteiger partial charge in [-0.15, -0.1) is 0 Å². The van der Waals surface area contributed by atoms with Crippen molar-refractivity contribution in [1.29, 1.82) is 0 Å². The van der Waals surface area contributed by atoms with Crippen LogP contribution in [0.25, 0.3) is 0 Å². The Hall–Kier alpha value is -1.18. The highest BCUT2D eigenvalue weighted by Gasteiger charge is 2.50. The fourth-order valence-corrected chi connectivity index (χ4v) is 11.2. The normalized spacial score (nSPS) is 37.6. The van der Waals surface area contributed by atoms with Crippen molar-refractivity contribution in [2.75, 3.05) is 39.3 Å². The molecule has 7 heteroatoms. The average molecular weight is 552 g/mol. The Morgan fingerprint density at radius 2 is 1.51 bits per heavy atom. The van der Waals surface area contributed by atoms with E-state index in [1.807, 2.05) is 6.07 Å². The van der Waals surface area contributed by atoms with Crippen molar-refractivity contribution in [2.45, 2.75) is 107 Å². The fourth-order valence-electron chi connectivity index (χ4n) is 9.95. The molecule has 2 aliphatic heterocycles. The first kappa shape index (κ1) is 26.7. The Balaban J connectivity index is 1.00. The van der Waals surface area contributed by atoms with Crippen molar-refractivity contribution in [3.05, 3.63) is 17.5 Å². The number of aromatic nitrogens is 2. The number of aryl methyl sites for hydroxylation is 2. The molecule has 7 aliphatic rings. The SMILES string of the molecule is Cc1cc(C)nc(S[C@H]2C[C@@H](C(=O)N3CCN(C4C5CC6CC(C5)CC4C6)CC3)N(CC3CCCCC3)C2)n1. The third-order valence-electron chi connectivity index (χ3n) is 11.3. The van der Waals surface area contributed by atoms with E-state index >= 15 is 0 Å². The minimum absolute atomic E-state index is 0.0306. The van der Waals surface area contributed by atoms with Crippen LogP contribution >= 0.6 is 11.8 Å². The second kappa shape index (κ2) is 11.2. The highest BCUT2D eigenvalue weighted by Crippen LogP contribution is 2.55. The number of nitrogens with zero attached hydrogens (tertiary/aromatic N) is 5. The monoisotopic (exact) mass is 551 g/mol. The molecule has 0 unspecified atom stereocenters. The summed E-state index contributed by atoms with van der Waals surface area (Å²) in [6.07, 6.45) is 15.2. The Kier molecular flexibility index (Phi) is 7.70. The first-order valence-electron chi connectivity index (χ1n) is 16.2. The summed E-state index contributed by atoms with van der Waals surface area (Å²) in [6, 6.07) is 2.88. The zero-order chi connectivity index (χ0) is 26.5. The quantitative estimate of drug-likeness (QED) is 0.455. The molecule has 8 rings (SSSR count). The number of piperazine rings is 1. The van der Waals surface area contributed by atoms with E-state index in [2.05, 4.69) is 28.5 Å². The minimum atomic E-state index is 0.0306. The van der Waals surface area contributed by atoms with Crippen molar-refractivity contribution >= 4 is 17.7 Å². The number of carbonyl (C=O) groups excluding carboxylic acids is 1. The van der Waals surface area contributed by atoms with E-state index in [1.165, 1.54) is 64.2 Å². The lowest BCUT2D eigenvalue weighted by atomic mass is 9.54. The lowest BCUT2D eigenvalue weighted by Gasteiger charge is -2.58. The predicted octanol–water partition coefficient (Wildman–Crippen LogP) is 5.18. The number of carbonyl (C=O) groups is 1. The van der Waals surface area contributed by atoms with Crippen LogP contribution in [0.1, 0.15) is 82.0 Å². The molecule has 7 fully saturated rings. The molecule has 0 radical (unpaired) electrons. The van der Waals surface area contributed by atoms with E-state index in [4.69, 9.17) is 9.97 Å². The van der Waals surface area contributed by atoms with Gasteiger partial charge < -0.3 is 4.90 Å². The summed E-state index contributed by atoms with van der Waals surface area (Å²) in [4.78, 5) is 31.2. The maximum absolute atomic E-state index is 14.1. The standard InChI is InChI=1S/C32H49N5OS/c1-21-12-22(2)34-32(33-21)39-28-18-29(37(20-28)19-23-6-4-3-5-7-23)31(38)36-10-8-35(9-11-36)30-26-14-24-13-25(16-26)17-27(30)15-24/h12,23-30H,3-11,13-20H2,1-2H3/t24?,25?,26?,27?,28-,29-,30?/m0/s1. The molecule has 0 spiro atoms. The topological polar surface area (TPSA) is 52.6 Å². The third kappa shape index (κ3) is 5.66. The second-order valence-electron chi connectivity index (χ2n) is 14.2. The van der Waals surface area contributed by atoms with E-state index in [0.717, 1.165) is 97.9 Å².